The number of aromatic amines is 1. The van der Waals surface area contributed by atoms with Gasteiger partial charge < -0.3 is 9.88 Å². The van der Waals surface area contributed by atoms with E-state index in [1.54, 1.807) is 6.07 Å². The van der Waals surface area contributed by atoms with Gasteiger partial charge in [0.1, 0.15) is 0 Å². The number of carbonyl (C=O) groups is 1. The quantitative estimate of drug-likeness (QED) is 0.825. The monoisotopic (exact) mass is 246 g/mol. The third kappa shape index (κ3) is 2.70. The van der Waals surface area contributed by atoms with Crippen LogP contribution in [0, 0.1) is 0 Å². The minimum absolute atomic E-state index is 0.0163. The first-order chi connectivity index (χ1) is 8.72. The van der Waals surface area contributed by atoms with Crippen molar-refractivity contribution >= 4 is 5.91 Å². The van der Waals surface area contributed by atoms with Crippen molar-refractivity contribution in [3.8, 4) is 0 Å². The molecule has 96 valence electrons. The van der Waals surface area contributed by atoms with E-state index in [4.69, 9.17) is 0 Å². The van der Waals surface area contributed by atoms with Gasteiger partial charge in [0.05, 0.1) is 11.6 Å². The first-order valence-corrected chi connectivity index (χ1v) is 6.38. The fourth-order valence-corrected chi connectivity index (χ4v) is 2.18. The summed E-state index contributed by atoms with van der Waals surface area (Å²) in [4.78, 5) is 27.7. The Morgan fingerprint density at radius 3 is 3.00 bits per heavy atom. The van der Waals surface area contributed by atoms with Crippen molar-refractivity contribution in [3.63, 3.8) is 0 Å². The van der Waals surface area contributed by atoms with Gasteiger partial charge in [0.2, 0.25) is 5.56 Å². The van der Waals surface area contributed by atoms with Crippen LogP contribution in [-0.2, 0) is 0 Å². The van der Waals surface area contributed by atoms with Crippen molar-refractivity contribution in [2.75, 3.05) is 6.54 Å². The average Bonchev–Trinajstić information content (AvgIpc) is 2.84. The van der Waals surface area contributed by atoms with E-state index < -0.39 is 0 Å². The number of H-pyrrole nitrogens is 1. The molecule has 4 nitrogen and oxygen atoms in total. The predicted octanol–water partition coefficient (Wildman–Crippen LogP) is 1.95. The summed E-state index contributed by atoms with van der Waals surface area (Å²) in [6.07, 6.45) is 8.86. The summed E-state index contributed by atoms with van der Waals surface area (Å²) in [5.74, 6) is -0.0163. The number of nitrogens with one attached hydrogen (secondary N) is 1. The first kappa shape index (κ1) is 12.6. The molecule has 4 heteroatoms. The molecule has 2 rings (SSSR count). The van der Waals surface area contributed by atoms with Crippen LogP contribution in [0.5, 0.6) is 0 Å². The lowest BCUT2D eigenvalue weighted by molar-refractivity contribution is 0.0743. The maximum absolute atomic E-state index is 12.3. The smallest absolute Gasteiger partial charge is 0.256 e. The molecule has 0 spiro atoms. The highest BCUT2D eigenvalue weighted by Gasteiger charge is 2.24. The normalized spacial score (nSPS) is 18.3. The number of amides is 1. The minimum Gasteiger partial charge on any atom is -0.328 e. The molecule has 0 saturated heterocycles. The summed E-state index contributed by atoms with van der Waals surface area (Å²) in [6.45, 7) is 2.80. The predicted molar refractivity (Wildman–Crippen MR) is 70.6 cm³/mol. The molecule has 1 aromatic rings. The van der Waals surface area contributed by atoms with Crippen LogP contribution >= 0.6 is 0 Å². The van der Waals surface area contributed by atoms with Gasteiger partial charge in [-0.2, -0.15) is 0 Å². The van der Waals surface area contributed by atoms with Crippen LogP contribution in [0.2, 0.25) is 0 Å². The van der Waals surface area contributed by atoms with Crippen LogP contribution in [0.15, 0.2) is 35.3 Å². The SMILES string of the molecule is CCCCC1C=CCN1C(=O)c1ccc(=O)[nH]c1. The third-order valence-electron chi connectivity index (χ3n) is 3.21. The fraction of sp³-hybridized carbons (Fsp3) is 0.429. The van der Waals surface area contributed by atoms with E-state index in [1.807, 2.05) is 11.0 Å². The first-order valence-electron chi connectivity index (χ1n) is 6.38. The van der Waals surface area contributed by atoms with Gasteiger partial charge in [-0.25, -0.2) is 0 Å². The summed E-state index contributed by atoms with van der Waals surface area (Å²) < 4.78 is 0. The van der Waals surface area contributed by atoms with Gasteiger partial charge in [-0.15, -0.1) is 0 Å². The number of aromatic nitrogens is 1. The Morgan fingerprint density at radius 2 is 2.33 bits per heavy atom. The zero-order valence-corrected chi connectivity index (χ0v) is 10.6. The Hall–Kier alpha value is -1.84. The van der Waals surface area contributed by atoms with Crippen LogP contribution in [0.25, 0.3) is 0 Å². The molecule has 0 radical (unpaired) electrons. The molecule has 0 aromatic carbocycles. The number of hydrogen-bond acceptors (Lipinski definition) is 2. The summed E-state index contributed by atoms with van der Waals surface area (Å²) in [7, 11) is 0. The van der Waals surface area contributed by atoms with Crippen molar-refractivity contribution < 1.29 is 4.79 Å². The largest absolute Gasteiger partial charge is 0.328 e. The average molecular weight is 246 g/mol. The van der Waals surface area contributed by atoms with Crippen LogP contribution in [0.3, 0.4) is 0 Å². The minimum atomic E-state index is -0.186. The van der Waals surface area contributed by atoms with Crippen LogP contribution in [0.4, 0.5) is 0 Å². The number of carbonyl (C=O) groups excluding carboxylic acids is 1. The lowest BCUT2D eigenvalue weighted by atomic mass is 10.1. The van der Waals surface area contributed by atoms with Crippen LogP contribution in [-0.4, -0.2) is 28.4 Å². The van der Waals surface area contributed by atoms with Crippen molar-refractivity contribution in [1.29, 1.82) is 0 Å². The number of hydrogen-bond donors (Lipinski definition) is 1. The second-order valence-corrected chi connectivity index (χ2v) is 4.54. The second-order valence-electron chi connectivity index (χ2n) is 4.54. The molecule has 0 fully saturated rings. The molecule has 1 atom stereocenters. The van der Waals surface area contributed by atoms with Gasteiger partial charge in [0, 0.05) is 18.8 Å². The van der Waals surface area contributed by atoms with Crippen molar-refractivity contribution in [2.45, 2.75) is 32.2 Å². The van der Waals surface area contributed by atoms with E-state index in [0.29, 0.717) is 12.1 Å². The second kappa shape index (κ2) is 5.67. The molecule has 1 N–H and O–H groups in total. The van der Waals surface area contributed by atoms with E-state index in [2.05, 4.69) is 18.0 Å². The van der Waals surface area contributed by atoms with Crippen molar-refractivity contribution in [3.05, 3.63) is 46.4 Å². The zero-order chi connectivity index (χ0) is 13.0. The molecule has 1 aromatic heterocycles. The molecular weight excluding hydrogens is 228 g/mol. The van der Waals surface area contributed by atoms with Crippen molar-refractivity contribution in [2.24, 2.45) is 0 Å². The van der Waals surface area contributed by atoms with Gasteiger partial charge >= 0.3 is 0 Å². The highest BCUT2D eigenvalue weighted by molar-refractivity contribution is 5.94. The Labute approximate surface area is 106 Å². The Kier molecular flexibility index (Phi) is 3.97. The fourth-order valence-electron chi connectivity index (χ4n) is 2.18. The molecule has 0 aliphatic carbocycles. The maximum atomic E-state index is 12.3. The highest BCUT2D eigenvalue weighted by atomic mass is 16.2. The van der Waals surface area contributed by atoms with E-state index in [0.717, 1.165) is 19.3 Å². The van der Waals surface area contributed by atoms with Crippen LogP contribution < -0.4 is 5.56 Å². The number of pyridine rings is 1. The lowest BCUT2D eigenvalue weighted by Gasteiger charge is -2.24. The molecule has 1 amide bonds. The van der Waals surface area contributed by atoms with Gasteiger partial charge in [-0.3, -0.25) is 9.59 Å². The van der Waals surface area contributed by atoms with Crippen molar-refractivity contribution in [1.82, 2.24) is 9.88 Å². The molecule has 0 bridgehead atoms. The lowest BCUT2D eigenvalue weighted by Crippen LogP contribution is -2.36. The standard InChI is InChI=1S/C14H18N2O2/c1-2-3-5-12-6-4-9-16(12)14(18)11-7-8-13(17)15-10-11/h4,6-8,10,12H,2-3,5,9H2,1H3,(H,15,17). The van der Waals surface area contributed by atoms with Gasteiger partial charge in [0.15, 0.2) is 0 Å². The number of unbranched alkanes of at least 4 members (excludes halogenated alkanes) is 1. The van der Waals surface area contributed by atoms with Crippen LogP contribution in [0.1, 0.15) is 36.5 Å². The summed E-state index contributed by atoms with van der Waals surface area (Å²) in [5.41, 5.74) is 0.355. The topological polar surface area (TPSA) is 53.2 Å². The molecule has 2 heterocycles. The molecule has 18 heavy (non-hydrogen) atoms. The Bertz CT molecular complexity index is 484. The Morgan fingerprint density at radius 1 is 1.50 bits per heavy atom. The van der Waals surface area contributed by atoms with E-state index in [-0.39, 0.29) is 17.5 Å². The molecule has 1 aliphatic heterocycles. The highest BCUT2D eigenvalue weighted by Crippen LogP contribution is 2.18. The Balaban J connectivity index is 2.08. The summed E-state index contributed by atoms with van der Waals surface area (Å²) in [5, 5.41) is 0. The van der Waals surface area contributed by atoms with E-state index in [1.165, 1.54) is 12.3 Å². The van der Waals surface area contributed by atoms with E-state index >= 15 is 0 Å². The summed E-state index contributed by atoms with van der Waals surface area (Å²) >= 11 is 0. The molecule has 1 aliphatic rings. The van der Waals surface area contributed by atoms with Gasteiger partial charge in [-0.05, 0) is 12.5 Å². The third-order valence-corrected chi connectivity index (χ3v) is 3.21. The molecule has 0 saturated carbocycles. The molecule has 1 unspecified atom stereocenters. The zero-order valence-electron chi connectivity index (χ0n) is 10.6. The number of nitrogens with zero attached hydrogens (tertiary/aromatic N) is 1. The molecular formula is C14H18N2O2. The number of rotatable bonds is 4. The maximum Gasteiger partial charge on any atom is 0.256 e. The van der Waals surface area contributed by atoms with Gasteiger partial charge in [-0.1, -0.05) is 31.9 Å². The van der Waals surface area contributed by atoms with Gasteiger partial charge in [0.25, 0.3) is 5.91 Å². The van der Waals surface area contributed by atoms with E-state index in [9.17, 15) is 9.59 Å². The summed E-state index contributed by atoms with van der Waals surface area (Å²) in [6, 6.07) is 3.16.